The van der Waals surface area contributed by atoms with Crippen molar-refractivity contribution in [2.45, 2.75) is 19.4 Å². The predicted molar refractivity (Wildman–Crippen MR) is 67.6 cm³/mol. The number of aromatic nitrogens is 2. The normalized spacial score (nSPS) is 12.9. The lowest BCUT2D eigenvalue weighted by Crippen LogP contribution is -2.21. The molecule has 86 valence electrons. The molecule has 1 N–H and O–H groups in total. The maximum atomic E-state index is 4.15. The van der Waals surface area contributed by atoms with Crippen molar-refractivity contribution in [1.82, 2.24) is 15.1 Å². The molecular weight excluding hydrogens is 218 g/mol. The van der Waals surface area contributed by atoms with Crippen LogP contribution in [0.1, 0.15) is 24.2 Å². The Labute approximate surface area is 100 Å². The quantitative estimate of drug-likeness (QED) is 0.862. The van der Waals surface area contributed by atoms with Crippen LogP contribution in [-0.2, 0) is 13.5 Å². The summed E-state index contributed by atoms with van der Waals surface area (Å²) in [5.41, 5.74) is 2.64. The van der Waals surface area contributed by atoms with Crippen LogP contribution in [0.2, 0.25) is 0 Å². The Balaban J connectivity index is 1.78. The lowest BCUT2D eigenvalue weighted by molar-refractivity contribution is 0.565. The molecule has 0 spiro atoms. The Morgan fingerprint density at radius 1 is 1.50 bits per heavy atom. The first-order valence-corrected chi connectivity index (χ1v) is 6.44. The first-order chi connectivity index (χ1) is 7.77. The van der Waals surface area contributed by atoms with Crippen LogP contribution >= 0.6 is 11.3 Å². The van der Waals surface area contributed by atoms with Crippen LogP contribution in [0.3, 0.4) is 0 Å². The molecule has 0 aliphatic rings. The molecule has 3 nitrogen and oxygen atoms in total. The molecule has 0 aliphatic heterocycles. The average Bonchev–Trinajstić information content (AvgIpc) is 2.90. The molecular formula is C12H17N3S. The summed E-state index contributed by atoms with van der Waals surface area (Å²) in [7, 11) is 1.98. The van der Waals surface area contributed by atoms with Crippen LogP contribution in [0.15, 0.2) is 29.1 Å². The van der Waals surface area contributed by atoms with E-state index in [1.165, 1.54) is 11.3 Å². The average molecular weight is 235 g/mol. The van der Waals surface area contributed by atoms with E-state index in [4.69, 9.17) is 0 Å². The van der Waals surface area contributed by atoms with Crippen molar-refractivity contribution in [2.24, 2.45) is 7.05 Å². The zero-order valence-electron chi connectivity index (χ0n) is 9.68. The number of thiophene rings is 1. The molecule has 0 bridgehead atoms. The van der Waals surface area contributed by atoms with Gasteiger partial charge in [-0.15, -0.1) is 0 Å². The van der Waals surface area contributed by atoms with Gasteiger partial charge in [-0.3, -0.25) is 4.68 Å². The van der Waals surface area contributed by atoms with Crippen LogP contribution in [-0.4, -0.2) is 16.3 Å². The van der Waals surface area contributed by atoms with E-state index < -0.39 is 0 Å². The van der Waals surface area contributed by atoms with E-state index in [1.54, 1.807) is 11.3 Å². The molecule has 2 aromatic heterocycles. The van der Waals surface area contributed by atoms with Crippen molar-refractivity contribution in [3.8, 4) is 0 Å². The van der Waals surface area contributed by atoms with Gasteiger partial charge < -0.3 is 5.32 Å². The van der Waals surface area contributed by atoms with Crippen molar-refractivity contribution in [2.75, 3.05) is 6.54 Å². The molecule has 1 unspecified atom stereocenters. The molecule has 16 heavy (non-hydrogen) atoms. The van der Waals surface area contributed by atoms with E-state index in [9.17, 15) is 0 Å². The molecule has 0 fully saturated rings. The first-order valence-electron chi connectivity index (χ1n) is 5.49. The molecule has 1 atom stereocenters. The van der Waals surface area contributed by atoms with E-state index in [0.29, 0.717) is 6.04 Å². The van der Waals surface area contributed by atoms with Crippen LogP contribution in [0.4, 0.5) is 0 Å². The fourth-order valence-electron chi connectivity index (χ4n) is 1.70. The summed E-state index contributed by atoms with van der Waals surface area (Å²) in [6.07, 6.45) is 2.86. The molecule has 2 aromatic rings. The van der Waals surface area contributed by atoms with Gasteiger partial charge in [0.15, 0.2) is 0 Å². The topological polar surface area (TPSA) is 29.9 Å². The molecule has 0 amide bonds. The first kappa shape index (κ1) is 11.4. The fraction of sp³-hybridized carbons (Fsp3) is 0.417. The van der Waals surface area contributed by atoms with Gasteiger partial charge in [0, 0.05) is 37.9 Å². The van der Waals surface area contributed by atoms with Crippen molar-refractivity contribution < 1.29 is 0 Å². The van der Waals surface area contributed by atoms with Gasteiger partial charge in [0.2, 0.25) is 0 Å². The highest BCUT2D eigenvalue weighted by Gasteiger charge is 2.05. The van der Waals surface area contributed by atoms with Crippen molar-refractivity contribution in [3.63, 3.8) is 0 Å². The summed E-state index contributed by atoms with van der Waals surface area (Å²) >= 11 is 1.75. The summed E-state index contributed by atoms with van der Waals surface area (Å²) in [5, 5.41) is 12.0. The number of nitrogens with one attached hydrogen (secondary N) is 1. The number of aryl methyl sites for hydroxylation is 1. The highest BCUT2D eigenvalue weighted by molar-refractivity contribution is 7.07. The van der Waals surface area contributed by atoms with Gasteiger partial charge in [-0.1, -0.05) is 0 Å². The van der Waals surface area contributed by atoms with Crippen LogP contribution in [0, 0.1) is 0 Å². The molecule has 0 radical (unpaired) electrons. The Morgan fingerprint density at radius 2 is 2.38 bits per heavy atom. The lowest BCUT2D eigenvalue weighted by Gasteiger charge is -2.12. The highest BCUT2D eigenvalue weighted by atomic mass is 32.1. The molecule has 0 saturated carbocycles. The van der Waals surface area contributed by atoms with Gasteiger partial charge in [-0.2, -0.15) is 16.4 Å². The maximum absolute atomic E-state index is 4.15. The Kier molecular flexibility index (Phi) is 3.74. The zero-order chi connectivity index (χ0) is 11.4. The van der Waals surface area contributed by atoms with Crippen molar-refractivity contribution >= 4 is 11.3 Å². The largest absolute Gasteiger partial charge is 0.310 e. The standard InChI is InChI=1S/C12H17N3S/c1-10(11-5-8-16-9-11)13-6-3-12-4-7-14-15(12)2/h4-5,7-10,13H,3,6H2,1-2H3. The summed E-state index contributed by atoms with van der Waals surface area (Å²) < 4.78 is 1.93. The Hall–Kier alpha value is -1.13. The van der Waals surface area contributed by atoms with E-state index >= 15 is 0 Å². The summed E-state index contributed by atoms with van der Waals surface area (Å²) in [6, 6.07) is 4.67. The van der Waals surface area contributed by atoms with Gasteiger partial charge in [-0.05, 0) is 35.4 Å². The molecule has 0 saturated heterocycles. The molecule has 2 heterocycles. The second kappa shape index (κ2) is 5.27. The second-order valence-electron chi connectivity index (χ2n) is 3.93. The zero-order valence-corrected chi connectivity index (χ0v) is 10.5. The van der Waals surface area contributed by atoms with Gasteiger partial charge >= 0.3 is 0 Å². The minimum Gasteiger partial charge on any atom is -0.310 e. The van der Waals surface area contributed by atoms with E-state index in [-0.39, 0.29) is 0 Å². The fourth-order valence-corrected chi connectivity index (χ4v) is 2.46. The summed E-state index contributed by atoms with van der Waals surface area (Å²) in [5.74, 6) is 0. The summed E-state index contributed by atoms with van der Waals surface area (Å²) in [6.45, 7) is 3.18. The Morgan fingerprint density at radius 3 is 3.00 bits per heavy atom. The van der Waals surface area contributed by atoms with Crippen LogP contribution < -0.4 is 5.32 Å². The van der Waals surface area contributed by atoms with Gasteiger partial charge in [-0.25, -0.2) is 0 Å². The van der Waals surface area contributed by atoms with E-state index in [2.05, 4.69) is 40.2 Å². The Bertz CT molecular complexity index is 419. The minimum atomic E-state index is 0.430. The molecule has 2 rings (SSSR count). The smallest absolute Gasteiger partial charge is 0.0492 e. The number of nitrogens with zero attached hydrogens (tertiary/aromatic N) is 2. The van der Waals surface area contributed by atoms with Crippen LogP contribution in [0.5, 0.6) is 0 Å². The van der Waals surface area contributed by atoms with Gasteiger partial charge in [0.25, 0.3) is 0 Å². The molecule has 0 aromatic carbocycles. The SMILES string of the molecule is CC(NCCc1ccnn1C)c1ccsc1. The van der Waals surface area contributed by atoms with E-state index in [1.807, 2.05) is 17.9 Å². The van der Waals surface area contributed by atoms with Gasteiger partial charge in [0.05, 0.1) is 0 Å². The molecule has 0 aliphatic carbocycles. The van der Waals surface area contributed by atoms with E-state index in [0.717, 1.165) is 13.0 Å². The number of rotatable bonds is 5. The second-order valence-corrected chi connectivity index (χ2v) is 4.71. The van der Waals surface area contributed by atoms with Crippen molar-refractivity contribution in [1.29, 1.82) is 0 Å². The third-order valence-corrected chi connectivity index (χ3v) is 3.50. The monoisotopic (exact) mass is 235 g/mol. The minimum absolute atomic E-state index is 0.430. The maximum Gasteiger partial charge on any atom is 0.0492 e. The highest BCUT2D eigenvalue weighted by Crippen LogP contribution is 2.15. The van der Waals surface area contributed by atoms with Crippen molar-refractivity contribution in [3.05, 3.63) is 40.3 Å². The lowest BCUT2D eigenvalue weighted by atomic mass is 10.2. The summed E-state index contributed by atoms with van der Waals surface area (Å²) in [4.78, 5) is 0. The molecule has 4 heteroatoms. The van der Waals surface area contributed by atoms with Gasteiger partial charge in [0.1, 0.15) is 0 Å². The van der Waals surface area contributed by atoms with Crippen LogP contribution in [0.25, 0.3) is 0 Å². The number of hydrogen-bond donors (Lipinski definition) is 1. The predicted octanol–water partition coefficient (Wildman–Crippen LogP) is 2.37. The number of hydrogen-bond acceptors (Lipinski definition) is 3. The third kappa shape index (κ3) is 2.71. The third-order valence-electron chi connectivity index (χ3n) is 2.80.